The van der Waals surface area contributed by atoms with Crippen LogP contribution in [0.2, 0.25) is 19.6 Å². The third kappa shape index (κ3) is 7.13. The number of rotatable bonds is 6. The number of benzene rings is 4. The van der Waals surface area contributed by atoms with Gasteiger partial charge in [0.25, 0.3) is 0 Å². The molecule has 0 fully saturated rings. The van der Waals surface area contributed by atoms with E-state index in [9.17, 15) is 0 Å². The Balaban J connectivity index is 0.000000188. The minimum Gasteiger partial charge on any atom is -0.486 e. The summed E-state index contributed by atoms with van der Waals surface area (Å²) >= 11 is 0. The molecule has 0 atom stereocenters. The molecule has 8 rings (SSSR count). The van der Waals surface area contributed by atoms with E-state index in [1.165, 1.54) is 16.3 Å². The molecule has 0 bridgehead atoms. The Hall–Kier alpha value is -4.68. The summed E-state index contributed by atoms with van der Waals surface area (Å²) in [6.45, 7) is 14.4. The predicted molar refractivity (Wildman–Crippen MR) is 205 cm³/mol. The first-order valence-corrected chi connectivity index (χ1v) is 20.3. The molecule has 4 heterocycles. The summed E-state index contributed by atoms with van der Waals surface area (Å²) in [6, 6.07) is 43.7. The van der Waals surface area contributed by atoms with Crippen molar-refractivity contribution >= 4 is 46.4 Å². The summed E-state index contributed by atoms with van der Waals surface area (Å²) < 4.78 is 8.46. The summed E-state index contributed by atoms with van der Waals surface area (Å²) in [5.74, 6) is 1.38. The molecule has 7 heteroatoms. The standard InChI is InChI=1S/C26H18N3O.C17H22NSi.Ir/c1-17-14-15-20-19-10-7-11-21(24(19)30-26(20)27-17)25-28-22-12-5-6-13-23(22)29(25)16-18-8-3-2-4-9-18;1-13(2)15-11-16(14-9-7-6-8-10-14)18-12-17(15)19(3,4)5;/h2-10,12-15H,16H2,1H3;6-9,11-13H,1-5H3;/q2*-1;. The van der Waals surface area contributed by atoms with Crippen LogP contribution in [0.3, 0.4) is 0 Å². The van der Waals surface area contributed by atoms with Crippen molar-refractivity contribution in [2.24, 2.45) is 0 Å². The number of furan rings is 1. The maximum atomic E-state index is 6.22. The largest absolute Gasteiger partial charge is 0.486 e. The molecule has 1 radical (unpaired) electrons. The molecular formula is C43H40IrN4OSi-2. The van der Waals surface area contributed by atoms with E-state index in [1.54, 1.807) is 0 Å². The van der Waals surface area contributed by atoms with E-state index in [1.807, 2.05) is 67.6 Å². The Morgan fingerprint density at radius 2 is 1.56 bits per heavy atom. The van der Waals surface area contributed by atoms with E-state index < -0.39 is 8.07 Å². The summed E-state index contributed by atoms with van der Waals surface area (Å²) in [5, 5.41) is 3.52. The van der Waals surface area contributed by atoms with Gasteiger partial charge in [-0.15, -0.1) is 54.1 Å². The van der Waals surface area contributed by atoms with Gasteiger partial charge < -0.3 is 14.0 Å². The number of aromatic nitrogens is 4. The van der Waals surface area contributed by atoms with Gasteiger partial charge in [0.15, 0.2) is 0 Å². The molecule has 0 N–H and O–H groups in total. The molecule has 0 amide bonds. The van der Waals surface area contributed by atoms with Gasteiger partial charge in [-0.05, 0) is 53.6 Å². The van der Waals surface area contributed by atoms with E-state index >= 15 is 0 Å². The monoisotopic (exact) mass is 849 g/mol. The second kappa shape index (κ2) is 14.7. The van der Waals surface area contributed by atoms with Crippen molar-refractivity contribution in [3.05, 3.63) is 144 Å². The zero-order valence-corrected chi connectivity index (χ0v) is 32.7. The van der Waals surface area contributed by atoms with Crippen molar-refractivity contribution in [2.45, 2.75) is 52.9 Å². The van der Waals surface area contributed by atoms with Crippen LogP contribution >= 0.6 is 0 Å². The van der Waals surface area contributed by atoms with Crippen LogP contribution in [0.1, 0.15) is 36.6 Å². The molecule has 0 spiro atoms. The van der Waals surface area contributed by atoms with Gasteiger partial charge in [0.1, 0.15) is 0 Å². The van der Waals surface area contributed by atoms with E-state index in [-0.39, 0.29) is 20.1 Å². The minimum absolute atomic E-state index is 0. The van der Waals surface area contributed by atoms with Gasteiger partial charge >= 0.3 is 0 Å². The van der Waals surface area contributed by atoms with Gasteiger partial charge in [0, 0.05) is 43.9 Å². The SMILES string of the molecule is CC(C)c1cc(-c2[c-]cccc2)ncc1[Si](C)(C)C.Cc1ccc2c(n1)oc1c(-c3nc4ccccc4n3Cc3ccccc3)[c-]ccc12.[Ir]. The van der Waals surface area contributed by atoms with Crippen LogP contribution < -0.4 is 5.19 Å². The molecule has 0 saturated heterocycles. The number of pyridine rings is 2. The Morgan fingerprint density at radius 1 is 0.800 bits per heavy atom. The molecule has 8 aromatic rings. The van der Waals surface area contributed by atoms with Crippen molar-refractivity contribution in [1.29, 1.82) is 0 Å². The molecule has 0 saturated carbocycles. The van der Waals surface area contributed by atoms with Gasteiger partial charge in [0.05, 0.1) is 30.5 Å². The number of hydrogen-bond acceptors (Lipinski definition) is 4. The minimum atomic E-state index is -1.34. The second-order valence-corrected chi connectivity index (χ2v) is 18.9. The van der Waals surface area contributed by atoms with Crippen LogP contribution in [0.4, 0.5) is 0 Å². The van der Waals surface area contributed by atoms with E-state index in [2.05, 4.69) is 115 Å². The van der Waals surface area contributed by atoms with Crippen LogP contribution in [0.15, 0.2) is 120 Å². The number of para-hydroxylation sites is 2. The van der Waals surface area contributed by atoms with Gasteiger partial charge in [-0.2, -0.15) is 0 Å². The number of nitrogens with zero attached hydrogens (tertiary/aromatic N) is 4. The molecule has 4 aromatic heterocycles. The molecule has 4 aromatic carbocycles. The van der Waals surface area contributed by atoms with E-state index in [4.69, 9.17) is 9.40 Å². The molecule has 0 aliphatic rings. The predicted octanol–water partition coefficient (Wildman–Crippen LogP) is 10.4. The van der Waals surface area contributed by atoms with Crippen LogP contribution in [-0.2, 0) is 26.7 Å². The average molecular weight is 849 g/mol. The van der Waals surface area contributed by atoms with Gasteiger partial charge in [-0.3, -0.25) is 4.98 Å². The fourth-order valence-electron chi connectivity index (χ4n) is 6.35. The normalized spacial score (nSPS) is 11.5. The van der Waals surface area contributed by atoms with Crippen molar-refractivity contribution in [3.8, 4) is 22.6 Å². The third-order valence-electron chi connectivity index (χ3n) is 8.85. The first-order valence-electron chi connectivity index (χ1n) is 16.8. The Labute approximate surface area is 308 Å². The Bertz CT molecular complexity index is 2390. The molecule has 0 aliphatic heterocycles. The smallest absolute Gasteiger partial charge is 0.216 e. The van der Waals surface area contributed by atoms with E-state index in [0.717, 1.165) is 62.3 Å². The number of hydrogen-bond donors (Lipinski definition) is 0. The summed E-state index contributed by atoms with van der Waals surface area (Å²) in [4.78, 5) is 14.2. The third-order valence-corrected chi connectivity index (χ3v) is 10.9. The molecule has 0 aliphatic carbocycles. The molecule has 253 valence electrons. The van der Waals surface area contributed by atoms with Crippen molar-refractivity contribution < 1.29 is 24.5 Å². The second-order valence-electron chi connectivity index (χ2n) is 13.8. The van der Waals surface area contributed by atoms with Gasteiger partial charge in [-0.25, -0.2) is 4.98 Å². The zero-order chi connectivity index (χ0) is 34.1. The van der Waals surface area contributed by atoms with E-state index in [0.29, 0.717) is 11.6 Å². The Morgan fingerprint density at radius 3 is 2.30 bits per heavy atom. The van der Waals surface area contributed by atoms with Gasteiger partial charge in [-0.1, -0.05) is 98.5 Å². The summed E-state index contributed by atoms with van der Waals surface area (Å²) in [7, 11) is -1.34. The van der Waals surface area contributed by atoms with Crippen molar-refractivity contribution in [3.63, 3.8) is 0 Å². The van der Waals surface area contributed by atoms with Crippen LogP contribution in [0.25, 0.3) is 55.7 Å². The number of imidazole rings is 1. The summed E-state index contributed by atoms with van der Waals surface area (Å²) in [6.07, 6.45) is 2.09. The van der Waals surface area contributed by atoms with Crippen LogP contribution in [-0.4, -0.2) is 27.6 Å². The molecular weight excluding hydrogens is 809 g/mol. The molecule has 5 nitrogen and oxygen atoms in total. The maximum absolute atomic E-state index is 6.22. The first kappa shape index (κ1) is 35.2. The molecule has 0 unspecified atom stereocenters. The van der Waals surface area contributed by atoms with Crippen molar-refractivity contribution in [1.82, 2.24) is 19.5 Å². The van der Waals surface area contributed by atoms with Gasteiger partial charge in [0.2, 0.25) is 5.71 Å². The first-order chi connectivity index (χ1) is 23.7. The molecule has 50 heavy (non-hydrogen) atoms. The summed E-state index contributed by atoms with van der Waals surface area (Å²) in [5.41, 5.74) is 10.0. The number of aryl methyl sites for hydroxylation is 1. The zero-order valence-electron chi connectivity index (χ0n) is 29.3. The van der Waals surface area contributed by atoms with Crippen LogP contribution in [0, 0.1) is 19.1 Å². The quantitative estimate of drug-likeness (QED) is 0.124. The maximum Gasteiger partial charge on any atom is 0.216 e. The number of fused-ring (bicyclic) bond motifs is 4. The fourth-order valence-corrected chi connectivity index (χ4v) is 8.03. The van der Waals surface area contributed by atoms with Crippen molar-refractivity contribution in [2.75, 3.05) is 0 Å². The fraction of sp³-hybridized carbons (Fsp3) is 0.186. The van der Waals surface area contributed by atoms with Crippen LogP contribution in [0.5, 0.6) is 0 Å². The Kier molecular flexibility index (Phi) is 10.3. The topological polar surface area (TPSA) is 56.7 Å². The average Bonchev–Trinajstić information content (AvgIpc) is 3.66.